The van der Waals surface area contributed by atoms with Crippen molar-refractivity contribution in [2.45, 2.75) is 62.9 Å². The highest BCUT2D eigenvalue weighted by Crippen LogP contribution is 2.34. The van der Waals surface area contributed by atoms with Crippen LogP contribution in [0.15, 0.2) is 35.5 Å². The number of aromatic nitrogens is 2. The molecule has 38 heavy (non-hydrogen) atoms. The molecule has 1 heterocycles. The summed E-state index contributed by atoms with van der Waals surface area (Å²) in [5, 5.41) is 13.3. The SMILES string of the molecule is CS(=O)(=O)N[C@H]1CC[C@H](c2cnc(N)c(-c3ccc(C(=O)N[C@H](CO)C4CCC=C(Cl)C4)c(F)c3)n2)CC1. The molecule has 0 saturated heterocycles. The first-order chi connectivity index (χ1) is 18.0. The molecule has 1 amide bonds. The maximum Gasteiger partial charge on any atom is 0.254 e. The molecule has 1 saturated carbocycles. The highest BCUT2D eigenvalue weighted by atomic mass is 35.5. The molecule has 206 valence electrons. The second-order valence-corrected chi connectivity index (χ2v) is 12.4. The van der Waals surface area contributed by atoms with Crippen molar-refractivity contribution in [3.8, 4) is 11.3 Å². The number of allylic oxidation sites excluding steroid dienone is 2. The van der Waals surface area contributed by atoms with Crippen molar-refractivity contribution in [2.24, 2.45) is 5.92 Å². The molecular weight excluding hydrogens is 533 g/mol. The molecule has 2 aliphatic rings. The summed E-state index contributed by atoms with van der Waals surface area (Å²) in [6.45, 7) is -0.272. The van der Waals surface area contributed by atoms with Gasteiger partial charge in [-0.05, 0) is 63.0 Å². The van der Waals surface area contributed by atoms with Gasteiger partial charge >= 0.3 is 0 Å². The van der Waals surface area contributed by atoms with Crippen LogP contribution < -0.4 is 15.8 Å². The molecule has 0 radical (unpaired) electrons. The number of benzene rings is 1. The molecule has 0 aliphatic heterocycles. The van der Waals surface area contributed by atoms with E-state index in [1.165, 1.54) is 12.1 Å². The standard InChI is InChI=1S/C26H33ClFN5O4S/c1-38(36,37)33-19-8-5-15(6-9-19)22-13-30-25(29)24(31-22)17-7-10-20(21(28)12-17)26(35)32-23(14-34)16-3-2-4-18(27)11-16/h4,7,10,12-13,15-16,19,23,33-34H,2-3,5-6,8-9,11,14H2,1H3,(H2,29,30)(H,32,35)/t15-,16?,19-,23-/m1/s1. The predicted octanol–water partition coefficient (Wildman–Crippen LogP) is 3.45. The molecule has 1 fully saturated rings. The highest BCUT2D eigenvalue weighted by molar-refractivity contribution is 7.88. The number of anilines is 1. The maximum atomic E-state index is 15.1. The van der Waals surface area contributed by atoms with Crippen molar-refractivity contribution in [3.63, 3.8) is 0 Å². The Kier molecular flexibility index (Phi) is 9.02. The van der Waals surface area contributed by atoms with Crippen molar-refractivity contribution in [1.82, 2.24) is 20.0 Å². The van der Waals surface area contributed by atoms with Gasteiger partial charge in [-0.2, -0.15) is 0 Å². The first-order valence-corrected chi connectivity index (χ1v) is 15.0. The van der Waals surface area contributed by atoms with Gasteiger partial charge in [-0.15, -0.1) is 0 Å². The number of nitrogens with two attached hydrogens (primary N) is 1. The Morgan fingerprint density at radius 1 is 1.26 bits per heavy atom. The van der Waals surface area contributed by atoms with Crippen LogP contribution in [0, 0.1) is 11.7 Å². The zero-order chi connectivity index (χ0) is 27.4. The van der Waals surface area contributed by atoms with Crippen LogP contribution in [-0.4, -0.2) is 54.3 Å². The third kappa shape index (κ3) is 7.07. The first-order valence-electron chi connectivity index (χ1n) is 12.7. The van der Waals surface area contributed by atoms with E-state index >= 15 is 4.39 Å². The number of aliphatic hydroxyl groups is 1. The molecule has 1 aromatic carbocycles. The summed E-state index contributed by atoms with van der Waals surface area (Å²) in [6.07, 6.45) is 9.59. The largest absolute Gasteiger partial charge is 0.394 e. The lowest BCUT2D eigenvalue weighted by atomic mass is 9.84. The van der Waals surface area contributed by atoms with Gasteiger partial charge in [-0.1, -0.05) is 23.7 Å². The second-order valence-electron chi connectivity index (χ2n) is 10.1. The van der Waals surface area contributed by atoms with Gasteiger partial charge in [0.2, 0.25) is 10.0 Å². The molecule has 0 bridgehead atoms. The fourth-order valence-electron chi connectivity index (χ4n) is 5.27. The number of nitrogen functional groups attached to an aromatic ring is 1. The van der Waals surface area contributed by atoms with Gasteiger partial charge in [-0.3, -0.25) is 4.79 Å². The smallest absolute Gasteiger partial charge is 0.254 e. The number of hydrogen-bond donors (Lipinski definition) is 4. The summed E-state index contributed by atoms with van der Waals surface area (Å²) < 4.78 is 40.8. The molecule has 2 aromatic rings. The first kappa shape index (κ1) is 28.4. The Morgan fingerprint density at radius 2 is 2.00 bits per heavy atom. The number of carbonyl (C=O) groups excluding carboxylic acids is 1. The van der Waals surface area contributed by atoms with E-state index in [4.69, 9.17) is 17.3 Å². The van der Waals surface area contributed by atoms with Gasteiger partial charge in [0.15, 0.2) is 0 Å². The summed E-state index contributed by atoms with van der Waals surface area (Å²) in [6, 6.07) is 3.51. The van der Waals surface area contributed by atoms with Crippen molar-refractivity contribution in [2.75, 3.05) is 18.6 Å². The lowest BCUT2D eigenvalue weighted by Gasteiger charge is -2.28. The molecule has 12 heteroatoms. The van der Waals surface area contributed by atoms with E-state index in [0.717, 1.165) is 31.9 Å². The minimum atomic E-state index is -3.26. The van der Waals surface area contributed by atoms with Gasteiger partial charge in [-0.25, -0.2) is 27.5 Å². The van der Waals surface area contributed by atoms with Crippen LogP contribution >= 0.6 is 11.6 Å². The molecule has 1 unspecified atom stereocenters. The van der Waals surface area contributed by atoms with E-state index in [-0.39, 0.29) is 35.9 Å². The minimum Gasteiger partial charge on any atom is -0.394 e. The van der Waals surface area contributed by atoms with E-state index in [0.29, 0.717) is 41.2 Å². The summed E-state index contributed by atoms with van der Waals surface area (Å²) in [5.41, 5.74) is 7.34. The number of nitrogens with one attached hydrogen (secondary N) is 2. The average Bonchev–Trinajstić information content (AvgIpc) is 2.87. The van der Waals surface area contributed by atoms with Crippen LogP contribution in [0.4, 0.5) is 10.2 Å². The van der Waals surface area contributed by atoms with Gasteiger partial charge in [0.25, 0.3) is 5.91 Å². The minimum absolute atomic E-state index is 0.0289. The lowest BCUT2D eigenvalue weighted by molar-refractivity contribution is 0.0879. The van der Waals surface area contributed by atoms with Gasteiger partial charge < -0.3 is 16.2 Å². The lowest BCUT2D eigenvalue weighted by Crippen LogP contribution is -2.43. The van der Waals surface area contributed by atoms with Crippen molar-refractivity contribution < 1.29 is 22.7 Å². The van der Waals surface area contributed by atoms with E-state index in [2.05, 4.69) is 20.0 Å². The number of hydrogen-bond acceptors (Lipinski definition) is 7. The number of aliphatic hydroxyl groups excluding tert-OH is 1. The number of halogens is 2. The Balaban J connectivity index is 1.47. The predicted molar refractivity (Wildman–Crippen MR) is 144 cm³/mol. The third-order valence-corrected chi connectivity index (χ3v) is 8.35. The monoisotopic (exact) mass is 565 g/mol. The fraction of sp³-hybridized carbons (Fsp3) is 0.500. The van der Waals surface area contributed by atoms with Crippen LogP contribution in [0.3, 0.4) is 0 Å². The van der Waals surface area contributed by atoms with Crippen LogP contribution in [0.2, 0.25) is 0 Å². The topological polar surface area (TPSA) is 147 Å². The molecule has 0 spiro atoms. The Bertz CT molecular complexity index is 1310. The normalized spacial score (nSPS) is 22.9. The number of rotatable bonds is 8. The van der Waals surface area contributed by atoms with Crippen molar-refractivity contribution in [1.29, 1.82) is 0 Å². The zero-order valence-electron chi connectivity index (χ0n) is 21.2. The molecular formula is C26H33ClFN5O4S. The Hall–Kier alpha value is -2.60. The van der Waals surface area contributed by atoms with Crippen LogP contribution in [0.5, 0.6) is 0 Å². The van der Waals surface area contributed by atoms with E-state index in [1.807, 2.05) is 6.08 Å². The fourth-order valence-corrected chi connectivity index (χ4v) is 6.42. The van der Waals surface area contributed by atoms with Crippen molar-refractivity contribution in [3.05, 3.63) is 52.6 Å². The number of sulfonamides is 1. The Morgan fingerprint density at radius 3 is 2.63 bits per heavy atom. The zero-order valence-corrected chi connectivity index (χ0v) is 22.7. The molecule has 2 aliphatic carbocycles. The van der Waals surface area contributed by atoms with E-state index in [1.54, 1.807) is 12.3 Å². The third-order valence-electron chi connectivity index (χ3n) is 7.28. The van der Waals surface area contributed by atoms with Crippen LogP contribution in [-0.2, 0) is 10.0 Å². The quantitative estimate of drug-likeness (QED) is 0.383. The van der Waals surface area contributed by atoms with E-state index in [9.17, 15) is 18.3 Å². The molecule has 4 rings (SSSR count). The highest BCUT2D eigenvalue weighted by Gasteiger charge is 2.28. The van der Waals surface area contributed by atoms with Gasteiger partial charge in [0.1, 0.15) is 17.3 Å². The van der Waals surface area contributed by atoms with Crippen LogP contribution in [0.25, 0.3) is 11.3 Å². The molecule has 5 N–H and O–H groups in total. The van der Waals surface area contributed by atoms with Crippen LogP contribution in [0.1, 0.15) is 66.9 Å². The number of carbonyl (C=O) groups is 1. The second kappa shape index (κ2) is 12.1. The average molecular weight is 566 g/mol. The number of nitrogens with zero attached hydrogens (tertiary/aromatic N) is 2. The molecule has 9 nitrogen and oxygen atoms in total. The molecule has 2 atom stereocenters. The van der Waals surface area contributed by atoms with Gasteiger partial charge in [0, 0.05) is 22.6 Å². The maximum absolute atomic E-state index is 15.1. The summed E-state index contributed by atoms with van der Waals surface area (Å²) in [5.74, 6) is -1.17. The summed E-state index contributed by atoms with van der Waals surface area (Å²) in [4.78, 5) is 21.8. The summed E-state index contributed by atoms with van der Waals surface area (Å²) >= 11 is 6.13. The van der Waals surface area contributed by atoms with Crippen molar-refractivity contribution >= 4 is 33.3 Å². The van der Waals surface area contributed by atoms with Gasteiger partial charge in [0.05, 0.1) is 36.4 Å². The summed E-state index contributed by atoms with van der Waals surface area (Å²) in [7, 11) is -3.26. The van der Waals surface area contributed by atoms with E-state index < -0.39 is 27.8 Å². The number of amides is 1. The molecule has 1 aromatic heterocycles. The Labute approximate surface area is 227 Å².